The van der Waals surface area contributed by atoms with Gasteiger partial charge in [0.25, 0.3) is 5.91 Å². The van der Waals surface area contributed by atoms with Crippen LogP contribution in [-0.2, 0) is 11.0 Å². The standard InChI is InChI=1S/C23H20F6N4O2/c1-3-6-14-15(18(34)4-2)7-5-8-17(14)33-20(23(27,28)29)16(12-30)21(35)32-13-9-10-31-19(11-13)22(24,25)26/h3,5-12H,4,30H2,1-2H3,(H,31,32,35)/b6-3-,16-12+,33-20?. The summed E-state index contributed by atoms with van der Waals surface area (Å²) in [6.45, 7) is 3.18. The number of hydrogen-bond donors (Lipinski definition) is 2. The van der Waals surface area contributed by atoms with Crippen LogP contribution in [0.2, 0.25) is 0 Å². The van der Waals surface area contributed by atoms with Crippen LogP contribution in [0.1, 0.15) is 41.9 Å². The highest BCUT2D eigenvalue weighted by molar-refractivity contribution is 6.27. The van der Waals surface area contributed by atoms with Crippen molar-refractivity contribution >= 4 is 34.9 Å². The van der Waals surface area contributed by atoms with Gasteiger partial charge in [-0.1, -0.05) is 31.2 Å². The van der Waals surface area contributed by atoms with Crippen LogP contribution in [0.3, 0.4) is 0 Å². The van der Waals surface area contributed by atoms with Gasteiger partial charge in [0.2, 0.25) is 0 Å². The zero-order chi connectivity index (χ0) is 26.4. The molecule has 3 N–H and O–H groups in total. The molecule has 186 valence electrons. The second-order valence-electron chi connectivity index (χ2n) is 6.94. The van der Waals surface area contributed by atoms with Gasteiger partial charge in [0.05, 0.1) is 11.3 Å². The van der Waals surface area contributed by atoms with E-state index >= 15 is 0 Å². The Morgan fingerprint density at radius 3 is 2.37 bits per heavy atom. The molecule has 35 heavy (non-hydrogen) atoms. The minimum Gasteiger partial charge on any atom is -0.404 e. The Labute approximate surface area is 196 Å². The third-order valence-electron chi connectivity index (χ3n) is 4.51. The molecule has 0 radical (unpaired) electrons. The minimum atomic E-state index is -5.18. The van der Waals surface area contributed by atoms with E-state index in [1.165, 1.54) is 30.4 Å². The Morgan fingerprint density at radius 1 is 1.14 bits per heavy atom. The minimum absolute atomic E-state index is 0.0893. The van der Waals surface area contributed by atoms with Gasteiger partial charge in [0, 0.05) is 35.6 Å². The number of aliphatic imine (C=N–C) groups is 1. The van der Waals surface area contributed by atoms with Gasteiger partial charge in [0.15, 0.2) is 11.5 Å². The molecule has 0 atom stereocenters. The molecule has 12 heteroatoms. The molecule has 0 bridgehead atoms. The topological polar surface area (TPSA) is 97.4 Å². The Balaban J connectivity index is 2.59. The van der Waals surface area contributed by atoms with E-state index in [2.05, 4.69) is 9.98 Å². The fourth-order valence-electron chi connectivity index (χ4n) is 2.95. The lowest BCUT2D eigenvalue weighted by molar-refractivity contribution is -0.141. The van der Waals surface area contributed by atoms with Gasteiger partial charge in [-0.3, -0.25) is 14.6 Å². The molecule has 0 fully saturated rings. The van der Waals surface area contributed by atoms with Crippen LogP contribution in [0.15, 0.2) is 59.4 Å². The number of carbonyl (C=O) groups excluding carboxylic acids is 2. The number of pyridine rings is 1. The molecule has 0 saturated heterocycles. The number of anilines is 1. The van der Waals surface area contributed by atoms with Gasteiger partial charge in [0.1, 0.15) is 5.69 Å². The normalized spacial score (nSPS) is 13.3. The molecule has 2 aromatic rings. The van der Waals surface area contributed by atoms with Crippen molar-refractivity contribution in [3.63, 3.8) is 0 Å². The van der Waals surface area contributed by atoms with Gasteiger partial charge in [-0.2, -0.15) is 26.3 Å². The maximum atomic E-state index is 14.0. The lowest BCUT2D eigenvalue weighted by atomic mass is 9.99. The Bertz CT molecular complexity index is 1200. The number of Topliss-reactive ketones (excluding diaryl/α,β-unsaturated/α-hetero) is 1. The van der Waals surface area contributed by atoms with Crippen molar-refractivity contribution in [2.75, 3.05) is 5.32 Å². The molecule has 1 aromatic heterocycles. The predicted octanol–water partition coefficient (Wildman–Crippen LogP) is 5.84. The molecule has 1 amide bonds. The molecule has 0 aliphatic rings. The number of hydrogen-bond acceptors (Lipinski definition) is 5. The smallest absolute Gasteiger partial charge is 0.404 e. The van der Waals surface area contributed by atoms with Gasteiger partial charge in [-0.25, -0.2) is 4.99 Å². The molecule has 0 aliphatic heterocycles. The Kier molecular flexibility index (Phi) is 8.56. The number of halogens is 6. The fourth-order valence-corrected chi connectivity index (χ4v) is 2.95. The molecule has 0 saturated carbocycles. The number of alkyl halides is 6. The summed E-state index contributed by atoms with van der Waals surface area (Å²) in [5.74, 6) is -1.79. The van der Waals surface area contributed by atoms with E-state index in [4.69, 9.17) is 5.73 Å². The first-order valence-corrected chi connectivity index (χ1v) is 10.0. The van der Waals surface area contributed by atoms with Gasteiger partial charge in [-0.15, -0.1) is 0 Å². The van der Waals surface area contributed by atoms with E-state index < -0.39 is 40.9 Å². The number of allylic oxidation sites excluding steroid dienone is 1. The number of nitrogens with zero attached hydrogens (tertiary/aromatic N) is 2. The maximum absolute atomic E-state index is 14.0. The molecular formula is C23H20F6N4O2. The number of aromatic nitrogens is 1. The molecule has 0 spiro atoms. The average molecular weight is 498 g/mol. The van der Waals surface area contributed by atoms with Gasteiger partial charge in [-0.05, 0) is 25.1 Å². The quantitative estimate of drug-likeness (QED) is 0.217. The summed E-state index contributed by atoms with van der Waals surface area (Å²) in [5, 5.41) is 1.95. The van der Waals surface area contributed by atoms with E-state index in [9.17, 15) is 35.9 Å². The first-order valence-electron chi connectivity index (χ1n) is 10.0. The highest BCUT2D eigenvalue weighted by Gasteiger charge is 2.41. The van der Waals surface area contributed by atoms with Crippen LogP contribution in [0.5, 0.6) is 0 Å². The molecular weight excluding hydrogens is 478 g/mol. The van der Waals surface area contributed by atoms with E-state index in [1.54, 1.807) is 13.8 Å². The summed E-state index contributed by atoms with van der Waals surface area (Å²) in [7, 11) is 0. The third kappa shape index (κ3) is 6.78. The van der Waals surface area contributed by atoms with Crippen molar-refractivity contribution in [1.29, 1.82) is 0 Å². The fraction of sp³-hybridized carbons (Fsp3) is 0.217. The largest absolute Gasteiger partial charge is 0.434 e. The summed E-state index contributed by atoms with van der Waals surface area (Å²) in [6.07, 6.45) is -5.94. The Hall–Kier alpha value is -3.96. The highest BCUT2D eigenvalue weighted by Crippen LogP contribution is 2.32. The van der Waals surface area contributed by atoms with Crippen LogP contribution < -0.4 is 11.1 Å². The Morgan fingerprint density at radius 2 is 1.83 bits per heavy atom. The van der Waals surface area contributed by atoms with Gasteiger partial charge >= 0.3 is 12.4 Å². The van der Waals surface area contributed by atoms with Crippen LogP contribution in [-0.4, -0.2) is 28.6 Å². The van der Waals surface area contributed by atoms with Crippen molar-refractivity contribution in [1.82, 2.24) is 4.98 Å². The van der Waals surface area contributed by atoms with E-state index in [1.807, 2.05) is 5.32 Å². The van der Waals surface area contributed by atoms with Crippen LogP contribution >= 0.6 is 0 Å². The second kappa shape index (κ2) is 11.0. The zero-order valence-electron chi connectivity index (χ0n) is 18.5. The molecule has 6 nitrogen and oxygen atoms in total. The van der Waals surface area contributed by atoms with Crippen LogP contribution in [0, 0.1) is 0 Å². The highest BCUT2D eigenvalue weighted by atomic mass is 19.4. The number of nitrogens with two attached hydrogens (primary N) is 1. The molecule has 0 unspecified atom stereocenters. The van der Waals surface area contributed by atoms with Crippen molar-refractivity contribution in [2.24, 2.45) is 10.7 Å². The SMILES string of the molecule is C/C=C\c1c(N=C(/C(=C\N)C(=O)Nc2ccnc(C(F)(F)F)c2)C(F)(F)F)cccc1C(=O)CC. The van der Waals surface area contributed by atoms with Crippen molar-refractivity contribution in [3.8, 4) is 0 Å². The number of amides is 1. The van der Waals surface area contributed by atoms with Gasteiger partial charge < -0.3 is 11.1 Å². The number of nitrogens with one attached hydrogen (secondary N) is 1. The second-order valence-corrected chi connectivity index (χ2v) is 6.94. The summed E-state index contributed by atoms with van der Waals surface area (Å²) in [6, 6.07) is 5.42. The monoisotopic (exact) mass is 498 g/mol. The number of rotatable bonds is 7. The maximum Gasteiger partial charge on any atom is 0.434 e. The summed E-state index contributed by atoms with van der Waals surface area (Å²) < 4.78 is 80.5. The third-order valence-corrected chi connectivity index (χ3v) is 4.51. The van der Waals surface area contributed by atoms with Crippen molar-refractivity contribution < 1.29 is 35.9 Å². The van der Waals surface area contributed by atoms with Crippen molar-refractivity contribution in [2.45, 2.75) is 32.6 Å². The zero-order valence-corrected chi connectivity index (χ0v) is 18.5. The van der Waals surface area contributed by atoms with Crippen LogP contribution in [0.25, 0.3) is 6.08 Å². The molecule has 1 heterocycles. The molecule has 0 aliphatic carbocycles. The summed E-state index contributed by atoms with van der Waals surface area (Å²) in [4.78, 5) is 31.6. The van der Waals surface area contributed by atoms with E-state index in [-0.39, 0.29) is 29.0 Å². The summed E-state index contributed by atoms with van der Waals surface area (Å²) in [5.41, 5.74) is 0.637. The number of benzene rings is 1. The van der Waals surface area contributed by atoms with Crippen molar-refractivity contribution in [3.05, 3.63) is 71.2 Å². The average Bonchev–Trinajstić information content (AvgIpc) is 2.78. The summed E-state index contributed by atoms with van der Waals surface area (Å²) >= 11 is 0. The molecule has 2 rings (SSSR count). The predicted molar refractivity (Wildman–Crippen MR) is 119 cm³/mol. The van der Waals surface area contributed by atoms with Crippen LogP contribution in [0.4, 0.5) is 37.7 Å². The first kappa shape index (κ1) is 27.3. The number of ketones is 1. The molecule has 1 aromatic carbocycles. The lowest BCUT2D eigenvalue weighted by Gasteiger charge is -2.16. The van der Waals surface area contributed by atoms with E-state index in [0.717, 1.165) is 12.3 Å². The van der Waals surface area contributed by atoms with E-state index in [0.29, 0.717) is 12.3 Å². The lowest BCUT2D eigenvalue weighted by Crippen LogP contribution is -2.32. The first-order chi connectivity index (χ1) is 16.3. The number of carbonyl (C=O) groups is 2.